The Balaban J connectivity index is 1.84. The highest BCUT2D eigenvalue weighted by Crippen LogP contribution is 2.44. The Labute approximate surface area is 162 Å². The first-order valence-electron chi connectivity index (χ1n) is 8.79. The fourth-order valence-corrected chi connectivity index (χ4v) is 4.49. The molecule has 3 aromatic rings. The van der Waals surface area contributed by atoms with E-state index in [0.29, 0.717) is 5.75 Å². The Morgan fingerprint density at radius 1 is 1.11 bits per heavy atom. The second-order valence-corrected chi connectivity index (χ2v) is 7.70. The third kappa shape index (κ3) is 3.32. The number of hydrogen-bond acceptors (Lipinski definition) is 4. The molecule has 1 amide bonds. The average Bonchev–Trinajstić information content (AvgIpc) is 2.88. The summed E-state index contributed by atoms with van der Waals surface area (Å²) in [6.07, 6.45) is 0. The number of nitrogens with zero attached hydrogens (tertiary/aromatic N) is 2. The molecule has 5 nitrogen and oxygen atoms in total. The van der Waals surface area contributed by atoms with Crippen molar-refractivity contribution in [1.82, 2.24) is 9.78 Å². The van der Waals surface area contributed by atoms with E-state index in [-0.39, 0.29) is 11.2 Å². The summed E-state index contributed by atoms with van der Waals surface area (Å²) in [6, 6.07) is 16.2. The number of fused-ring (bicyclic) bond motifs is 1. The maximum atomic E-state index is 12.4. The molecule has 4 rings (SSSR count). The van der Waals surface area contributed by atoms with Crippen LogP contribution >= 0.6 is 11.8 Å². The predicted molar refractivity (Wildman–Crippen MR) is 109 cm³/mol. The topological polar surface area (TPSA) is 56.1 Å². The fourth-order valence-electron chi connectivity index (χ4n) is 3.30. The number of rotatable bonds is 3. The molecule has 6 heteroatoms. The SMILES string of the molecule is COc1ccc([C@@H]2SCC(=O)Nc3c2c(C)nn3-c2ccc(C)cc2)cc1. The van der Waals surface area contributed by atoms with E-state index in [4.69, 9.17) is 9.84 Å². The van der Waals surface area contributed by atoms with Gasteiger partial charge in [-0.1, -0.05) is 29.8 Å². The Kier molecular flexibility index (Phi) is 4.66. The molecule has 1 aliphatic heterocycles. The molecule has 1 aromatic heterocycles. The van der Waals surface area contributed by atoms with Crippen molar-refractivity contribution in [2.75, 3.05) is 18.2 Å². The normalized spacial score (nSPS) is 16.4. The zero-order chi connectivity index (χ0) is 19.0. The zero-order valence-corrected chi connectivity index (χ0v) is 16.3. The lowest BCUT2D eigenvalue weighted by Gasteiger charge is -2.16. The van der Waals surface area contributed by atoms with E-state index >= 15 is 0 Å². The molecule has 0 bridgehead atoms. The van der Waals surface area contributed by atoms with Gasteiger partial charge in [-0.05, 0) is 43.7 Å². The summed E-state index contributed by atoms with van der Waals surface area (Å²) in [5.74, 6) is 1.97. The number of carbonyl (C=O) groups excluding carboxylic acids is 1. The molecule has 0 saturated heterocycles. The van der Waals surface area contributed by atoms with E-state index in [0.717, 1.165) is 34.1 Å². The quantitative estimate of drug-likeness (QED) is 0.738. The first-order valence-corrected chi connectivity index (χ1v) is 9.83. The minimum absolute atomic E-state index is 0.00877. The maximum absolute atomic E-state index is 12.4. The van der Waals surface area contributed by atoms with Gasteiger partial charge in [0.1, 0.15) is 11.6 Å². The van der Waals surface area contributed by atoms with Crippen LogP contribution in [0.3, 0.4) is 0 Å². The van der Waals surface area contributed by atoms with E-state index in [2.05, 4.69) is 24.4 Å². The van der Waals surface area contributed by atoms with Gasteiger partial charge in [0.15, 0.2) is 0 Å². The van der Waals surface area contributed by atoms with Gasteiger partial charge in [-0.25, -0.2) is 4.68 Å². The lowest BCUT2D eigenvalue weighted by Crippen LogP contribution is -2.15. The smallest absolute Gasteiger partial charge is 0.235 e. The summed E-state index contributed by atoms with van der Waals surface area (Å²) in [4.78, 5) is 12.4. The van der Waals surface area contributed by atoms with Crippen LogP contribution in [0.5, 0.6) is 5.75 Å². The van der Waals surface area contributed by atoms with E-state index in [9.17, 15) is 4.79 Å². The second-order valence-electron chi connectivity index (χ2n) is 6.61. The van der Waals surface area contributed by atoms with Crippen molar-refractivity contribution in [3.8, 4) is 11.4 Å². The fraction of sp³-hybridized carbons (Fsp3) is 0.238. The number of nitrogens with one attached hydrogen (secondary N) is 1. The van der Waals surface area contributed by atoms with E-state index < -0.39 is 0 Å². The zero-order valence-electron chi connectivity index (χ0n) is 15.5. The number of ether oxygens (including phenoxy) is 1. The number of aromatic nitrogens is 2. The number of aryl methyl sites for hydroxylation is 2. The van der Waals surface area contributed by atoms with Crippen LogP contribution in [-0.2, 0) is 4.79 Å². The summed E-state index contributed by atoms with van der Waals surface area (Å²) in [5, 5.41) is 7.84. The van der Waals surface area contributed by atoms with Gasteiger partial charge < -0.3 is 10.1 Å². The number of hydrogen-bond donors (Lipinski definition) is 1. The molecule has 0 spiro atoms. The van der Waals surface area contributed by atoms with Crippen molar-refractivity contribution < 1.29 is 9.53 Å². The predicted octanol–water partition coefficient (Wildman–Crippen LogP) is 4.27. The number of carbonyl (C=O) groups is 1. The largest absolute Gasteiger partial charge is 0.497 e. The molecule has 2 aromatic carbocycles. The Morgan fingerprint density at radius 3 is 2.48 bits per heavy atom. The maximum Gasteiger partial charge on any atom is 0.235 e. The van der Waals surface area contributed by atoms with E-state index in [1.165, 1.54) is 5.56 Å². The number of amides is 1. The van der Waals surface area contributed by atoms with Gasteiger partial charge in [0.25, 0.3) is 0 Å². The molecule has 0 unspecified atom stereocenters. The van der Waals surface area contributed by atoms with E-state index in [1.54, 1.807) is 18.9 Å². The molecule has 27 heavy (non-hydrogen) atoms. The minimum atomic E-state index is -0.00877. The minimum Gasteiger partial charge on any atom is -0.497 e. The molecule has 1 atom stereocenters. The van der Waals surface area contributed by atoms with Crippen LogP contribution in [-0.4, -0.2) is 28.6 Å². The molecule has 0 radical (unpaired) electrons. The van der Waals surface area contributed by atoms with Gasteiger partial charge in [-0.3, -0.25) is 4.79 Å². The first-order chi connectivity index (χ1) is 13.1. The lowest BCUT2D eigenvalue weighted by molar-refractivity contribution is -0.113. The summed E-state index contributed by atoms with van der Waals surface area (Å²) in [5.41, 5.74) is 5.22. The third-order valence-corrected chi connectivity index (χ3v) is 5.97. The molecular formula is C21H21N3O2S. The first kappa shape index (κ1) is 17.7. The highest BCUT2D eigenvalue weighted by atomic mass is 32.2. The molecule has 0 aliphatic carbocycles. The average molecular weight is 379 g/mol. The van der Waals surface area contributed by atoms with Gasteiger partial charge in [0.05, 0.1) is 29.5 Å². The van der Waals surface area contributed by atoms with Gasteiger partial charge in [0.2, 0.25) is 5.91 Å². The number of anilines is 1. The summed E-state index contributed by atoms with van der Waals surface area (Å²) in [6.45, 7) is 4.05. The van der Waals surface area contributed by atoms with Gasteiger partial charge >= 0.3 is 0 Å². The summed E-state index contributed by atoms with van der Waals surface area (Å²) >= 11 is 1.62. The van der Waals surface area contributed by atoms with Crippen LogP contribution in [0.1, 0.15) is 27.6 Å². The number of benzene rings is 2. The van der Waals surface area contributed by atoms with E-state index in [1.807, 2.05) is 48.0 Å². The van der Waals surface area contributed by atoms with Crippen LogP contribution in [0.4, 0.5) is 5.82 Å². The van der Waals surface area contributed by atoms with Crippen molar-refractivity contribution in [2.24, 2.45) is 0 Å². The third-order valence-electron chi connectivity index (χ3n) is 4.70. The van der Waals surface area contributed by atoms with Gasteiger partial charge in [-0.15, -0.1) is 11.8 Å². The molecule has 1 aliphatic rings. The Hall–Kier alpha value is -2.73. The molecule has 0 saturated carbocycles. The highest BCUT2D eigenvalue weighted by molar-refractivity contribution is 8.00. The van der Waals surface area contributed by atoms with Crippen LogP contribution in [0, 0.1) is 13.8 Å². The molecule has 138 valence electrons. The molecular weight excluding hydrogens is 358 g/mol. The summed E-state index contributed by atoms with van der Waals surface area (Å²) in [7, 11) is 1.66. The number of methoxy groups -OCH3 is 1. The van der Waals surface area contributed by atoms with Gasteiger partial charge in [0, 0.05) is 5.56 Å². The van der Waals surface area contributed by atoms with Gasteiger partial charge in [-0.2, -0.15) is 5.10 Å². The number of thioether (sulfide) groups is 1. The molecule has 2 heterocycles. The standard InChI is InChI=1S/C21H21N3O2S/c1-13-4-8-16(9-5-13)24-21-19(14(2)23-24)20(27-12-18(25)22-21)15-6-10-17(26-3)11-7-15/h4-11,20H,12H2,1-3H3,(H,22,25)/t20-/m0/s1. The summed E-state index contributed by atoms with van der Waals surface area (Å²) < 4.78 is 7.11. The second kappa shape index (κ2) is 7.12. The highest BCUT2D eigenvalue weighted by Gasteiger charge is 2.30. The van der Waals surface area contributed by atoms with Crippen LogP contribution in [0.15, 0.2) is 48.5 Å². The van der Waals surface area contributed by atoms with Crippen molar-refractivity contribution in [1.29, 1.82) is 0 Å². The van der Waals surface area contributed by atoms with Crippen molar-refractivity contribution in [2.45, 2.75) is 19.1 Å². The molecule has 0 fully saturated rings. The van der Waals surface area contributed by atoms with Crippen LogP contribution in [0.25, 0.3) is 5.69 Å². The van der Waals surface area contributed by atoms with Crippen molar-refractivity contribution in [3.63, 3.8) is 0 Å². The van der Waals surface area contributed by atoms with Crippen molar-refractivity contribution in [3.05, 3.63) is 70.9 Å². The monoisotopic (exact) mass is 379 g/mol. The van der Waals surface area contributed by atoms with Crippen LogP contribution in [0.2, 0.25) is 0 Å². The lowest BCUT2D eigenvalue weighted by atomic mass is 10.0. The Bertz CT molecular complexity index is 978. The van der Waals surface area contributed by atoms with Crippen molar-refractivity contribution >= 4 is 23.5 Å². The van der Waals surface area contributed by atoms with Crippen LogP contribution < -0.4 is 10.1 Å². The Morgan fingerprint density at radius 2 is 1.81 bits per heavy atom. The molecule has 1 N–H and O–H groups in total.